The van der Waals surface area contributed by atoms with Crippen LogP contribution in [-0.4, -0.2) is 25.8 Å². The predicted octanol–water partition coefficient (Wildman–Crippen LogP) is -1.57. The minimum absolute atomic E-state index is 0. The number of hydrogen-bond acceptors (Lipinski definition) is 0. The van der Waals surface area contributed by atoms with Gasteiger partial charge in [-0.15, -0.1) is 0 Å². The minimum atomic E-state index is 0. The molecule has 0 aliphatic heterocycles. The predicted molar refractivity (Wildman–Crippen MR) is 15.7 cm³/mol. The Morgan fingerprint density at radius 3 is 1.00 bits per heavy atom. The molecule has 0 spiro atoms. The topological polar surface area (TPSA) is 0 Å². The van der Waals surface area contributed by atoms with Crippen LogP contribution in [0.2, 0.25) is 0 Å². The van der Waals surface area contributed by atoms with Gasteiger partial charge in [0.05, 0.1) is 0 Å². The summed E-state index contributed by atoms with van der Waals surface area (Å²) in [6, 6.07) is 0. The van der Waals surface area contributed by atoms with Gasteiger partial charge in [-0.25, -0.2) is 0 Å². The van der Waals surface area contributed by atoms with Crippen LogP contribution in [0.25, 0.3) is 0 Å². The van der Waals surface area contributed by atoms with Crippen LogP contribution in [0.1, 0.15) is 0 Å². The van der Waals surface area contributed by atoms with Crippen molar-refractivity contribution < 1.29 is 41.2 Å². The first-order chi connectivity index (χ1) is 0. The van der Waals surface area contributed by atoms with Crippen LogP contribution in [0.15, 0.2) is 0 Å². The first-order valence-corrected chi connectivity index (χ1v) is 0. The zero-order valence-electron chi connectivity index (χ0n) is 1.78. The van der Waals surface area contributed by atoms with E-state index in [1.54, 1.807) is 0 Å². The van der Waals surface area contributed by atoms with Crippen LogP contribution in [0, 0.1) is 0 Å². The molecular formula is H3AlBTiZn. The van der Waals surface area contributed by atoms with Gasteiger partial charge in [-0.2, -0.15) is 0 Å². The maximum Gasteiger partial charge on any atom is 0.187 e. The van der Waals surface area contributed by atoms with Crippen LogP contribution in [0.4, 0.5) is 0 Å². The van der Waals surface area contributed by atoms with Crippen molar-refractivity contribution >= 4 is 25.8 Å². The Labute approximate surface area is 66.5 Å². The van der Waals surface area contributed by atoms with Crippen LogP contribution in [0.3, 0.4) is 0 Å². The number of rotatable bonds is 0. The van der Waals surface area contributed by atoms with Crippen molar-refractivity contribution in [3.63, 3.8) is 0 Å². The zero-order valence-corrected chi connectivity index (χ0v) is 6.31. The Hall–Kier alpha value is 1.94. The molecule has 0 N–H and O–H groups in total. The van der Waals surface area contributed by atoms with Gasteiger partial charge >= 0.3 is 0 Å². The van der Waals surface area contributed by atoms with E-state index in [1.807, 2.05) is 0 Å². The molecule has 4 heavy (non-hydrogen) atoms. The quantitative estimate of drug-likeness (QED) is 0.370. The van der Waals surface area contributed by atoms with Gasteiger partial charge in [0.25, 0.3) is 0 Å². The second-order valence-electron chi connectivity index (χ2n) is 0. The van der Waals surface area contributed by atoms with Crippen LogP contribution in [-0.2, 0) is 41.2 Å². The van der Waals surface area contributed by atoms with Gasteiger partial charge in [0.1, 0.15) is 0 Å². The first-order valence-electron chi connectivity index (χ1n) is 0. The van der Waals surface area contributed by atoms with Crippen molar-refractivity contribution in [3.8, 4) is 0 Å². The Kier molecular flexibility index (Phi) is 197. The zero-order chi connectivity index (χ0) is 0. The van der Waals surface area contributed by atoms with Crippen LogP contribution < -0.4 is 0 Å². The molecule has 0 saturated heterocycles. The molecule has 0 rings (SSSR count). The summed E-state index contributed by atoms with van der Waals surface area (Å²) in [6.45, 7) is 0. The van der Waals surface area contributed by atoms with E-state index in [0.717, 1.165) is 0 Å². The summed E-state index contributed by atoms with van der Waals surface area (Å²) in [6.07, 6.45) is 0. The Bertz CT molecular complexity index is 8.00. The van der Waals surface area contributed by atoms with Crippen molar-refractivity contribution in [2.24, 2.45) is 0 Å². The second-order valence-corrected chi connectivity index (χ2v) is 0. The molecule has 4 heteroatoms. The SMILES string of the molecule is [AlH3].[B].[Ti].[Zn]. The van der Waals surface area contributed by atoms with Crippen molar-refractivity contribution in [1.29, 1.82) is 0 Å². The molecule has 0 atom stereocenters. The summed E-state index contributed by atoms with van der Waals surface area (Å²) < 4.78 is 0. The van der Waals surface area contributed by atoms with E-state index in [1.165, 1.54) is 0 Å². The second kappa shape index (κ2) is 20.4. The first kappa shape index (κ1) is 38.6. The van der Waals surface area contributed by atoms with Gasteiger partial charge in [-0.05, 0) is 0 Å². The average molecular weight is 154 g/mol. The molecule has 0 aliphatic rings. The monoisotopic (exact) mass is 153 g/mol. The van der Waals surface area contributed by atoms with E-state index in [-0.39, 0.29) is 67.0 Å². The third-order valence-corrected chi connectivity index (χ3v) is 0. The maximum absolute atomic E-state index is 0. The molecular weight excluding hydrogens is 151 g/mol. The fourth-order valence-corrected chi connectivity index (χ4v) is 0. The van der Waals surface area contributed by atoms with Gasteiger partial charge in [-0.3, -0.25) is 0 Å². The van der Waals surface area contributed by atoms with E-state index in [0.29, 0.717) is 0 Å². The molecule has 0 aliphatic carbocycles. The summed E-state index contributed by atoms with van der Waals surface area (Å²) in [4.78, 5) is 0. The normalized spacial score (nSPS) is 0. The van der Waals surface area contributed by atoms with Gasteiger partial charge in [0.2, 0.25) is 0 Å². The molecule has 0 fully saturated rings. The third kappa shape index (κ3) is 9.05. The third-order valence-electron chi connectivity index (χ3n) is 0. The molecule has 0 aromatic rings. The van der Waals surface area contributed by atoms with Gasteiger partial charge in [0, 0.05) is 49.6 Å². The van der Waals surface area contributed by atoms with E-state index in [4.69, 9.17) is 0 Å². The van der Waals surface area contributed by atoms with E-state index in [9.17, 15) is 0 Å². The van der Waals surface area contributed by atoms with Gasteiger partial charge < -0.3 is 0 Å². The fraction of sp³-hybridized carbons (Fsp3) is 0. The summed E-state index contributed by atoms with van der Waals surface area (Å²) in [5.74, 6) is 0. The molecule has 0 bridgehead atoms. The van der Waals surface area contributed by atoms with Crippen molar-refractivity contribution in [3.05, 3.63) is 0 Å². The van der Waals surface area contributed by atoms with E-state index < -0.39 is 0 Å². The molecule has 0 amide bonds. The standard InChI is InChI=1S/Al.B.Ti.Zn.3H. The van der Waals surface area contributed by atoms with Crippen molar-refractivity contribution in [2.45, 2.75) is 0 Å². The molecule has 3 radical (unpaired) electrons. The number of hydrogen-bond donors (Lipinski definition) is 0. The van der Waals surface area contributed by atoms with Gasteiger partial charge in [-0.1, -0.05) is 0 Å². The maximum atomic E-state index is 0. The summed E-state index contributed by atoms with van der Waals surface area (Å²) in [5, 5.41) is 0. The summed E-state index contributed by atoms with van der Waals surface area (Å²) >= 11 is 0. The molecule has 0 saturated carbocycles. The smallest absolute Gasteiger partial charge is 0 e. The molecule has 0 unspecified atom stereocenters. The van der Waals surface area contributed by atoms with Gasteiger partial charge in [0.15, 0.2) is 17.4 Å². The van der Waals surface area contributed by atoms with Crippen LogP contribution in [0.5, 0.6) is 0 Å². The molecule has 0 heterocycles. The molecule has 0 aromatic heterocycles. The molecule has 0 nitrogen and oxygen atoms in total. The van der Waals surface area contributed by atoms with Crippen molar-refractivity contribution in [1.82, 2.24) is 0 Å². The Morgan fingerprint density at radius 2 is 1.00 bits per heavy atom. The average Bonchev–Trinajstić information content (AvgIpc) is 0. The fourth-order valence-electron chi connectivity index (χ4n) is 0. The van der Waals surface area contributed by atoms with Crippen molar-refractivity contribution in [2.75, 3.05) is 0 Å². The Morgan fingerprint density at radius 1 is 1.00 bits per heavy atom. The van der Waals surface area contributed by atoms with E-state index in [2.05, 4.69) is 0 Å². The van der Waals surface area contributed by atoms with E-state index >= 15 is 0 Å². The molecule has 15 valence electrons. The summed E-state index contributed by atoms with van der Waals surface area (Å²) in [7, 11) is 0. The van der Waals surface area contributed by atoms with Crippen LogP contribution >= 0.6 is 0 Å². The Balaban J connectivity index is 0. The molecule has 0 aromatic carbocycles. The largest absolute Gasteiger partial charge is 0.187 e. The summed E-state index contributed by atoms with van der Waals surface area (Å²) in [5.41, 5.74) is 0. The minimum Gasteiger partial charge on any atom is 0 e.